The summed E-state index contributed by atoms with van der Waals surface area (Å²) in [6, 6.07) is 11.7. The molecule has 3 aliphatic rings. The van der Waals surface area contributed by atoms with Gasteiger partial charge in [0.15, 0.2) is 17.6 Å². The third-order valence-electron chi connectivity index (χ3n) is 6.21. The lowest BCUT2D eigenvalue weighted by molar-refractivity contribution is 0.00267. The third kappa shape index (κ3) is 4.83. The average Bonchev–Trinajstić information content (AvgIpc) is 3.12. The highest BCUT2D eigenvalue weighted by Crippen LogP contribution is 2.33. The molecule has 7 heteroatoms. The molecule has 2 saturated heterocycles. The number of halogens is 1. The van der Waals surface area contributed by atoms with Gasteiger partial charge in [-0.25, -0.2) is 4.39 Å². The largest absolute Gasteiger partial charge is 0.486 e. The van der Waals surface area contributed by atoms with Crippen LogP contribution in [-0.4, -0.2) is 55.8 Å². The van der Waals surface area contributed by atoms with E-state index in [4.69, 9.17) is 14.2 Å². The molecule has 6 nitrogen and oxygen atoms in total. The third-order valence-corrected chi connectivity index (χ3v) is 6.21. The first-order valence-corrected chi connectivity index (χ1v) is 10.9. The van der Waals surface area contributed by atoms with Crippen LogP contribution in [0.15, 0.2) is 42.5 Å². The van der Waals surface area contributed by atoms with Crippen LogP contribution < -0.4 is 14.8 Å². The highest BCUT2D eigenvalue weighted by molar-refractivity contribution is 5.95. The summed E-state index contributed by atoms with van der Waals surface area (Å²) in [6.07, 6.45) is 2.07. The highest BCUT2D eigenvalue weighted by Gasteiger charge is 2.33. The number of ether oxygens (including phenoxy) is 3. The molecule has 2 fully saturated rings. The Kier molecular flexibility index (Phi) is 5.78. The molecule has 0 spiro atoms. The first kappa shape index (κ1) is 20.3. The number of hydrogen-bond donors (Lipinski definition) is 1. The average molecular weight is 426 g/mol. The van der Waals surface area contributed by atoms with E-state index in [2.05, 4.69) is 10.2 Å². The van der Waals surface area contributed by atoms with E-state index in [1.54, 1.807) is 30.3 Å². The van der Waals surface area contributed by atoms with Crippen molar-refractivity contribution in [2.75, 3.05) is 32.8 Å². The maximum atomic E-state index is 13.0. The normalized spacial score (nSPS) is 26.5. The first-order valence-electron chi connectivity index (χ1n) is 10.9. The number of hydrogen-bond acceptors (Lipinski definition) is 5. The summed E-state index contributed by atoms with van der Waals surface area (Å²) in [4.78, 5) is 15.2. The topological polar surface area (TPSA) is 60.0 Å². The van der Waals surface area contributed by atoms with E-state index in [0.29, 0.717) is 42.8 Å². The van der Waals surface area contributed by atoms with E-state index in [9.17, 15) is 9.18 Å². The summed E-state index contributed by atoms with van der Waals surface area (Å²) in [7, 11) is 0. The zero-order valence-corrected chi connectivity index (χ0v) is 17.4. The molecular weight excluding hydrogens is 399 g/mol. The molecule has 2 aromatic carbocycles. The summed E-state index contributed by atoms with van der Waals surface area (Å²) >= 11 is 0. The molecule has 4 atom stereocenters. The second kappa shape index (κ2) is 8.85. The van der Waals surface area contributed by atoms with Crippen LogP contribution >= 0.6 is 0 Å². The van der Waals surface area contributed by atoms with Crippen molar-refractivity contribution in [1.82, 2.24) is 10.2 Å². The Balaban J connectivity index is 1.13. The van der Waals surface area contributed by atoms with Gasteiger partial charge < -0.3 is 24.4 Å². The number of nitrogens with one attached hydrogen (secondary N) is 1. The lowest BCUT2D eigenvalue weighted by Gasteiger charge is -2.30. The summed E-state index contributed by atoms with van der Waals surface area (Å²) < 4.78 is 30.5. The van der Waals surface area contributed by atoms with Crippen LogP contribution in [0.1, 0.15) is 28.8 Å². The molecule has 5 rings (SSSR count). The molecule has 31 heavy (non-hydrogen) atoms. The SMILES string of the molecule is O=C(N[C@@H]1C[C@@H]2CCN(C2)C1)c1ccc2c(c1)OC[C@@H](COCc1ccc(F)cc1)O2. The monoisotopic (exact) mass is 426 g/mol. The van der Waals surface area contributed by atoms with Crippen molar-refractivity contribution in [3.63, 3.8) is 0 Å². The standard InChI is InChI=1S/C24H27FN2O4/c25-19-4-1-16(2-5-19)13-29-14-21-15-30-23-10-18(3-6-22(23)31-21)24(28)26-20-9-17-7-8-27(11-17)12-20/h1-6,10,17,20-21H,7-9,11-15H2,(H,26,28)/t17-,20+,21+/m0/s1. The van der Waals surface area contributed by atoms with Crippen molar-refractivity contribution >= 4 is 5.91 Å². The van der Waals surface area contributed by atoms with Gasteiger partial charge >= 0.3 is 0 Å². The van der Waals surface area contributed by atoms with Crippen LogP contribution in [0.5, 0.6) is 11.5 Å². The minimum absolute atomic E-state index is 0.0661. The lowest BCUT2D eigenvalue weighted by atomic mass is 9.96. The zero-order chi connectivity index (χ0) is 21.2. The van der Waals surface area contributed by atoms with Crippen molar-refractivity contribution in [3.05, 3.63) is 59.4 Å². The van der Waals surface area contributed by atoms with Gasteiger partial charge in [-0.3, -0.25) is 4.79 Å². The maximum Gasteiger partial charge on any atom is 0.251 e. The minimum atomic E-state index is -0.263. The van der Waals surface area contributed by atoms with Gasteiger partial charge in [-0.15, -0.1) is 0 Å². The quantitative estimate of drug-likeness (QED) is 0.770. The second-order valence-electron chi connectivity index (χ2n) is 8.67. The molecule has 1 unspecified atom stereocenters. The van der Waals surface area contributed by atoms with Crippen molar-refractivity contribution in [1.29, 1.82) is 0 Å². The molecule has 1 amide bonds. The number of amides is 1. The molecule has 0 aromatic heterocycles. The summed E-state index contributed by atoms with van der Waals surface area (Å²) in [5.41, 5.74) is 1.48. The molecule has 3 heterocycles. The van der Waals surface area contributed by atoms with E-state index in [1.807, 2.05) is 0 Å². The first-order chi connectivity index (χ1) is 15.1. The van der Waals surface area contributed by atoms with Crippen LogP contribution in [-0.2, 0) is 11.3 Å². The fourth-order valence-electron chi connectivity index (χ4n) is 4.66. The Labute approximate surface area is 181 Å². The molecule has 2 aromatic rings. The Morgan fingerprint density at radius 1 is 1.16 bits per heavy atom. The number of benzene rings is 2. The van der Waals surface area contributed by atoms with E-state index < -0.39 is 0 Å². The molecule has 0 aliphatic carbocycles. The Morgan fingerprint density at radius 3 is 2.87 bits per heavy atom. The summed E-state index contributed by atoms with van der Waals surface area (Å²) in [6.45, 7) is 4.35. The lowest BCUT2D eigenvalue weighted by Crippen LogP contribution is -2.47. The Morgan fingerprint density at radius 2 is 2.03 bits per heavy atom. The highest BCUT2D eigenvalue weighted by atomic mass is 19.1. The number of nitrogens with zero attached hydrogens (tertiary/aromatic N) is 1. The molecule has 0 saturated carbocycles. The van der Waals surface area contributed by atoms with Crippen LogP contribution in [0, 0.1) is 11.7 Å². The van der Waals surface area contributed by atoms with Crippen LogP contribution in [0.3, 0.4) is 0 Å². The molecule has 0 radical (unpaired) electrons. The molecule has 2 bridgehead atoms. The second-order valence-corrected chi connectivity index (χ2v) is 8.67. The van der Waals surface area contributed by atoms with Crippen molar-refractivity contribution in [3.8, 4) is 11.5 Å². The number of carbonyl (C=O) groups excluding carboxylic acids is 1. The number of carbonyl (C=O) groups is 1. The van der Waals surface area contributed by atoms with Crippen molar-refractivity contribution < 1.29 is 23.4 Å². The van der Waals surface area contributed by atoms with E-state index in [0.717, 1.165) is 25.1 Å². The minimum Gasteiger partial charge on any atom is -0.486 e. The fourth-order valence-corrected chi connectivity index (χ4v) is 4.66. The number of fused-ring (bicyclic) bond motifs is 3. The number of piperidine rings is 1. The van der Waals surface area contributed by atoms with Gasteiger partial charge in [0.1, 0.15) is 12.4 Å². The van der Waals surface area contributed by atoms with E-state index in [1.165, 1.54) is 25.1 Å². The van der Waals surface area contributed by atoms with Crippen LogP contribution in [0.25, 0.3) is 0 Å². The Bertz CT molecular complexity index is 924. The van der Waals surface area contributed by atoms with Gasteiger partial charge in [0.2, 0.25) is 0 Å². The van der Waals surface area contributed by atoms with Gasteiger partial charge in [0.25, 0.3) is 5.91 Å². The Hall–Kier alpha value is -2.64. The zero-order valence-electron chi connectivity index (χ0n) is 17.4. The van der Waals surface area contributed by atoms with Gasteiger partial charge in [-0.1, -0.05) is 12.1 Å². The van der Waals surface area contributed by atoms with Crippen molar-refractivity contribution in [2.45, 2.75) is 31.6 Å². The molecule has 1 N–H and O–H groups in total. The van der Waals surface area contributed by atoms with E-state index >= 15 is 0 Å². The number of rotatable bonds is 6. The summed E-state index contributed by atoms with van der Waals surface area (Å²) in [5.74, 6) is 1.57. The molecular formula is C24H27FN2O4. The predicted octanol–water partition coefficient (Wildman–Crippen LogP) is 3.01. The van der Waals surface area contributed by atoms with Gasteiger partial charge in [-0.2, -0.15) is 0 Å². The molecule has 164 valence electrons. The maximum absolute atomic E-state index is 13.0. The molecule has 3 aliphatic heterocycles. The summed E-state index contributed by atoms with van der Waals surface area (Å²) in [5, 5.41) is 3.18. The van der Waals surface area contributed by atoms with Gasteiger partial charge in [-0.05, 0) is 61.2 Å². The predicted molar refractivity (Wildman–Crippen MR) is 113 cm³/mol. The van der Waals surface area contributed by atoms with E-state index in [-0.39, 0.29) is 23.9 Å². The fraction of sp³-hybridized carbons (Fsp3) is 0.458. The van der Waals surface area contributed by atoms with Crippen LogP contribution in [0.2, 0.25) is 0 Å². The van der Waals surface area contributed by atoms with Crippen LogP contribution in [0.4, 0.5) is 4.39 Å². The smallest absolute Gasteiger partial charge is 0.251 e. The van der Waals surface area contributed by atoms with Crippen molar-refractivity contribution in [2.24, 2.45) is 5.92 Å². The van der Waals surface area contributed by atoms with Gasteiger partial charge in [0.05, 0.1) is 13.2 Å². The van der Waals surface area contributed by atoms with Gasteiger partial charge in [0, 0.05) is 24.7 Å².